The maximum absolute atomic E-state index is 11.8. The van der Waals surface area contributed by atoms with Crippen molar-refractivity contribution in [2.24, 2.45) is 0 Å². The maximum Gasteiger partial charge on any atom is 0.228 e. The molecule has 6 rings (SSSR count). The van der Waals surface area contributed by atoms with Gasteiger partial charge in [0.15, 0.2) is 0 Å². The van der Waals surface area contributed by atoms with E-state index >= 15 is 0 Å². The van der Waals surface area contributed by atoms with Gasteiger partial charge in [-0.1, -0.05) is 70.5 Å². The molecule has 0 atom stereocenters. The third-order valence-electron chi connectivity index (χ3n) is 5.91. The van der Waals surface area contributed by atoms with Crippen LogP contribution in [0, 0.1) is 0 Å². The van der Waals surface area contributed by atoms with Gasteiger partial charge >= 0.3 is 0 Å². The molecule has 0 unspecified atom stereocenters. The Bertz CT molecular complexity index is 1740. The molecule has 0 saturated carbocycles. The summed E-state index contributed by atoms with van der Waals surface area (Å²) in [4.78, 5) is 23.6. The predicted octanol–water partition coefficient (Wildman–Crippen LogP) is 8.43. The minimum Gasteiger partial charge on any atom is -0.280 e. The van der Waals surface area contributed by atoms with Crippen molar-refractivity contribution in [3.8, 4) is 0 Å². The number of hydrogen-bond acceptors (Lipinski definition) is 2. The van der Waals surface area contributed by atoms with Crippen LogP contribution in [0.1, 0.15) is 23.4 Å². The summed E-state index contributed by atoms with van der Waals surface area (Å²) in [7, 11) is 0. The van der Waals surface area contributed by atoms with Crippen molar-refractivity contribution in [2.75, 3.05) is 0 Å². The summed E-state index contributed by atoms with van der Waals surface area (Å²) < 4.78 is 5.45. The molecule has 6 aromatic rings. The van der Waals surface area contributed by atoms with Gasteiger partial charge in [-0.3, -0.25) is 18.7 Å². The van der Waals surface area contributed by atoms with Crippen molar-refractivity contribution in [2.45, 2.75) is 13.8 Å². The number of halogens is 2. The summed E-state index contributed by atoms with van der Waals surface area (Å²) in [5.41, 5.74) is 3.82. The third-order valence-corrected chi connectivity index (χ3v) is 7.04. The van der Waals surface area contributed by atoms with Gasteiger partial charge in [-0.25, -0.2) is 0 Å². The molecule has 4 aromatic carbocycles. The largest absolute Gasteiger partial charge is 0.280 e. The number of hydrogen-bond donors (Lipinski definition) is 0. The average molecular weight is 576 g/mol. The molecule has 6 heteroatoms. The van der Waals surface area contributed by atoms with E-state index in [1.54, 1.807) is 23.0 Å². The Kier molecular flexibility index (Phi) is 5.88. The lowest BCUT2D eigenvalue weighted by Crippen LogP contribution is -2.04. The van der Waals surface area contributed by atoms with Crippen molar-refractivity contribution in [3.05, 3.63) is 93.9 Å². The zero-order chi connectivity index (χ0) is 24.0. The molecule has 0 fully saturated rings. The van der Waals surface area contributed by atoms with Gasteiger partial charge < -0.3 is 0 Å². The van der Waals surface area contributed by atoms with Crippen LogP contribution >= 0.6 is 31.9 Å². The normalized spacial score (nSPS) is 11.2. The van der Waals surface area contributed by atoms with Crippen LogP contribution in [0.15, 0.2) is 93.9 Å². The zero-order valence-corrected chi connectivity index (χ0v) is 21.7. The molecule has 34 heavy (non-hydrogen) atoms. The van der Waals surface area contributed by atoms with Crippen molar-refractivity contribution < 1.29 is 9.59 Å². The fourth-order valence-electron chi connectivity index (χ4n) is 4.59. The molecule has 0 N–H and O–H groups in total. The van der Waals surface area contributed by atoms with Gasteiger partial charge in [-0.15, -0.1) is 0 Å². The Hall–Kier alpha value is -3.22. The van der Waals surface area contributed by atoms with E-state index < -0.39 is 0 Å². The zero-order valence-electron chi connectivity index (χ0n) is 18.5. The van der Waals surface area contributed by atoms with Gasteiger partial charge in [0, 0.05) is 44.3 Å². The first kappa shape index (κ1) is 22.6. The quantitative estimate of drug-likeness (QED) is 0.182. The molecule has 168 valence electrons. The Balaban J connectivity index is 0.000000142. The monoisotopic (exact) mass is 574 g/mol. The summed E-state index contributed by atoms with van der Waals surface area (Å²) in [6.45, 7) is 3.18. The SMILES string of the molecule is CC(=O)n1c2ccccc2c2ccc(Br)cc21.CC(=O)n1c2ccccc2c2cccc(Br)c21. The van der Waals surface area contributed by atoms with E-state index in [1.807, 2.05) is 84.9 Å². The average Bonchev–Trinajstić information content (AvgIpc) is 3.33. The van der Waals surface area contributed by atoms with Crippen LogP contribution in [0.4, 0.5) is 0 Å². The molecule has 0 amide bonds. The van der Waals surface area contributed by atoms with Crippen LogP contribution in [-0.2, 0) is 0 Å². The molecule has 0 spiro atoms. The number of fused-ring (bicyclic) bond motifs is 6. The van der Waals surface area contributed by atoms with Crippen molar-refractivity contribution in [1.82, 2.24) is 9.13 Å². The Morgan fingerprint density at radius 2 is 1.12 bits per heavy atom. The highest BCUT2D eigenvalue weighted by atomic mass is 79.9. The summed E-state index contributed by atoms with van der Waals surface area (Å²) in [5.74, 6) is 0.0670. The fraction of sp³-hybridized carbons (Fsp3) is 0.0714. The van der Waals surface area contributed by atoms with Crippen LogP contribution in [0.3, 0.4) is 0 Å². The lowest BCUT2D eigenvalue weighted by Gasteiger charge is -2.02. The molecule has 0 saturated heterocycles. The molecule has 2 heterocycles. The lowest BCUT2D eigenvalue weighted by atomic mass is 10.2. The van der Waals surface area contributed by atoms with E-state index in [-0.39, 0.29) is 11.8 Å². The van der Waals surface area contributed by atoms with E-state index in [1.165, 1.54) is 0 Å². The van der Waals surface area contributed by atoms with Gasteiger partial charge in [-0.2, -0.15) is 0 Å². The summed E-state index contributed by atoms with van der Waals surface area (Å²) >= 11 is 6.97. The highest BCUT2D eigenvalue weighted by Crippen LogP contribution is 2.33. The predicted molar refractivity (Wildman–Crippen MR) is 147 cm³/mol. The summed E-state index contributed by atoms with van der Waals surface area (Å²) in [6.07, 6.45) is 0. The number of benzene rings is 4. The Labute approximate surface area is 213 Å². The third kappa shape index (κ3) is 3.67. The molecule has 0 aliphatic rings. The second-order valence-electron chi connectivity index (χ2n) is 8.04. The molecule has 2 aromatic heterocycles. The van der Waals surface area contributed by atoms with E-state index in [0.717, 1.165) is 52.6 Å². The van der Waals surface area contributed by atoms with Crippen LogP contribution in [0.5, 0.6) is 0 Å². The van der Waals surface area contributed by atoms with E-state index in [9.17, 15) is 9.59 Å². The molecular formula is C28H20Br2N2O2. The van der Waals surface area contributed by atoms with E-state index in [4.69, 9.17) is 0 Å². The first-order chi connectivity index (χ1) is 16.4. The number of nitrogens with zero attached hydrogens (tertiary/aromatic N) is 2. The highest BCUT2D eigenvalue weighted by molar-refractivity contribution is 9.11. The standard InChI is InChI=1S/2C14H10BrNO/c1-9(17)16-13-8-3-2-5-10(13)11-6-4-7-12(15)14(11)16;1-9(17)16-13-5-3-2-4-11(13)12-7-6-10(15)8-14(12)16/h2*2-8H,1H3. The molecular weight excluding hydrogens is 556 g/mol. The van der Waals surface area contributed by atoms with E-state index in [2.05, 4.69) is 31.9 Å². The smallest absolute Gasteiger partial charge is 0.228 e. The number of para-hydroxylation sites is 3. The van der Waals surface area contributed by atoms with Gasteiger partial charge in [0.2, 0.25) is 11.8 Å². The minimum atomic E-state index is 0.0306. The van der Waals surface area contributed by atoms with Crippen LogP contribution in [-0.4, -0.2) is 20.9 Å². The number of carbonyl (C=O) groups excluding carboxylic acids is 2. The fourth-order valence-corrected chi connectivity index (χ4v) is 5.48. The first-order valence-corrected chi connectivity index (χ1v) is 12.4. The summed E-state index contributed by atoms with van der Waals surface area (Å²) in [6, 6.07) is 28.0. The molecule has 0 radical (unpaired) electrons. The first-order valence-electron chi connectivity index (χ1n) is 10.8. The highest BCUT2D eigenvalue weighted by Gasteiger charge is 2.15. The topological polar surface area (TPSA) is 44.0 Å². The van der Waals surface area contributed by atoms with Crippen molar-refractivity contribution in [1.29, 1.82) is 0 Å². The molecule has 0 aliphatic carbocycles. The summed E-state index contributed by atoms with van der Waals surface area (Å²) in [5, 5.41) is 4.44. The molecule has 0 aliphatic heterocycles. The number of carbonyl (C=O) groups is 2. The van der Waals surface area contributed by atoms with Gasteiger partial charge in [0.25, 0.3) is 0 Å². The lowest BCUT2D eigenvalue weighted by molar-refractivity contribution is 0.0937. The Morgan fingerprint density at radius 1 is 0.588 bits per heavy atom. The minimum absolute atomic E-state index is 0.0306. The second kappa shape index (κ2) is 8.85. The van der Waals surface area contributed by atoms with Crippen LogP contribution < -0.4 is 0 Å². The Morgan fingerprint density at radius 3 is 1.76 bits per heavy atom. The van der Waals surface area contributed by atoms with Crippen LogP contribution in [0.25, 0.3) is 43.6 Å². The van der Waals surface area contributed by atoms with Crippen molar-refractivity contribution in [3.63, 3.8) is 0 Å². The number of aromatic nitrogens is 2. The maximum atomic E-state index is 11.8. The van der Waals surface area contributed by atoms with E-state index in [0.29, 0.717) is 0 Å². The number of rotatable bonds is 0. The second-order valence-corrected chi connectivity index (χ2v) is 9.81. The van der Waals surface area contributed by atoms with Gasteiger partial charge in [0.05, 0.1) is 22.1 Å². The molecule has 4 nitrogen and oxygen atoms in total. The van der Waals surface area contributed by atoms with Gasteiger partial charge in [0.1, 0.15) is 0 Å². The molecule has 0 bridgehead atoms. The van der Waals surface area contributed by atoms with Crippen LogP contribution in [0.2, 0.25) is 0 Å². The van der Waals surface area contributed by atoms with Crippen molar-refractivity contribution >= 4 is 87.3 Å². The van der Waals surface area contributed by atoms with Gasteiger partial charge in [-0.05, 0) is 46.3 Å².